The van der Waals surface area contributed by atoms with Crippen LogP contribution in [-0.4, -0.2) is 88.0 Å². The van der Waals surface area contributed by atoms with Gasteiger partial charge in [-0.1, -0.05) is 6.92 Å². The topological polar surface area (TPSA) is 62.5 Å². The molecular weight excluding hydrogens is 368 g/mol. The molecule has 3 rings (SSSR count). The van der Waals surface area contributed by atoms with E-state index in [1.165, 1.54) is 19.4 Å². The Balaban J connectivity index is 1.52. The average molecular weight is 407 g/mol. The summed E-state index contributed by atoms with van der Waals surface area (Å²) in [6.45, 7) is 10.5. The van der Waals surface area contributed by atoms with Gasteiger partial charge < -0.3 is 24.1 Å². The molecule has 164 valence electrons. The van der Waals surface area contributed by atoms with Gasteiger partial charge in [-0.3, -0.25) is 9.89 Å². The van der Waals surface area contributed by atoms with Gasteiger partial charge in [0.15, 0.2) is 5.96 Å². The van der Waals surface area contributed by atoms with Crippen molar-refractivity contribution < 1.29 is 13.9 Å². The van der Waals surface area contributed by atoms with Crippen LogP contribution < -0.4 is 5.32 Å². The molecule has 1 aromatic rings. The molecular formula is C22H38N4O3. The minimum absolute atomic E-state index is 0.558. The van der Waals surface area contributed by atoms with Gasteiger partial charge >= 0.3 is 0 Å². The van der Waals surface area contributed by atoms with E-state index in [1.807, 2.05) is 12.1 Å². The van der Waals surface area contributed by atoms with E-state index in [2.05, 4.69) is 22.0 Å². The van der Waals surface area contributed by atoms with E-state index in [9.17, 15) is 0 Å². The summed E-state index contributed by atoms with van der Waals surface area (Å²) in [5, 5.41) is 3.59. The maximum absolute atomic E-state index is 5.76. The Hall–Kier alpha value is -1.57. The SMILES string of the molecule is CCN1CCCC1CN=C(NCCc1ccco1)N1CCC(COCCOC)C1. The van der Waals surface area contributed by atoms with E-state index in [-0.39, 0.29) is 0 Å². The fourth-order valence-corrected chi connectivity index (χ4v) is 4.28. The lowest BCUT2D eigenvalue weighted by molar-refractivity contribution is 0.0536. The van der Waals surface area contributed by atoms with Gasteiger partial charge in [-0.2, -0.15) is 0 Å². The van der Waals surface area contributed by atoms with Crippen LogP contribution >= 0.6 is 0 Å². The number of rotatable bonds is 11. The number of likely N-dealkylation sites (tertiary alicyclic amines) is 2. The minimum atomic E-state index is 0.558. The van der Waals surface area contributed by atoms with Crippen molar-refractivity contribution in [3.05, 3.63) is 24.2 Å². The first kappa shape index (κ1) is 22.1. The Kier molecular flexibility index (Phi) is 9.31. The molecule has 7 nitrogen and oxygen atoms in total. The highest BCUT2D eigenvalue weighted by Crippen LogP contribution is 2.19. The Bertz CT molecular complexity index is 593. The highest BCUT2D eigenvalue weighted by molar-refractivity contribution is 5.80. The zero-order valence-electron chi connectivity index (χ0n) is 18.1. The van der Waals surface area contributed by atoms with Crippen molar-refractivity contribution in [2.75, 3.05) is 66.2 Å². The third-order valence-corrected chi connectivity index (χ3v) is 5.96. The van der Waals surface area contributed by atoms with Crippen molar-refractivity contribution in [3.8, 4) is 0 Å². The van der Waals surface area contributed by atoms with Gasteiger partial charge in [0.25, 0.3) is 0 Å². The molecule has 2 fully saturated rings. The number of hydrogen-bond acceptors (Lipinski definition) is 5. The first-order valence-electron chi connectivity index (χ1n) is 11.2. The number of guanidine groups is 1. The molecule has 2 atom stereocenters. The lowest BCUT2D eigenvalue weighted by Crippen LogP contribution is -2.42. The number of methoxy groups -OCH3 is 1. The van der Waals surface area contributed by atoms with E-state index in [1.54, 1.807) is 13.4 Å². The summed E-state index contributed by atoms with van der Waals surface area (Å²) < 4.78 is 16.3. The van der Waals surface area contributed by atoms with Crippen LogP contribution in [0.2, 0.25) is 0 Å². The summed E-state index contributed by atoms with van der Waals surface area (Å²) in [6, 6.07) is 4.55. The standard InChI is InChI=1S/C22H38N4O3/c1-3-25-11-4-6-20(25)16-24-22(23-10-8-21-7-5-13-29-21)26-12-9-19(17-26)18-28-15-14-27-2/h5,7,13,19-20H,3-4,6,8-12,14-18H2,1-2H3,(H,23,24). The molecule has 29 heavy (non-hydrogen) atoms. The zero-order valence-corrected chi connectivity index (χ0v) is 18.1. The minimum Gasteiger partial charge on any atom is -0.469 e. The highest BCUT2D eigenvalue weighted by Gasteiger charge is 2.27. The van der Waals surface area contributed by atoms with Crippen molar-refractivity contribution in [2.24, 2.45) is 10.9 Å². The number of furan rings is 1. The predicted molar refractivity (Wildman–Crippen MR) is 115 cm³/mol. The molecule has 0 bridgehead atoms. The van der Waals surface area contributed by atoms with Gasteiger partial charge in [0, 0.05) is 45.1 Å². The van der Waals surface area contributed by atoms with E-state index in [0.29, 0.717) is 25.2 Å². The van der Waals surface area contributed by atoms with Crippen LogP contribution in [0.3, 0.4) is 0 Å². The first-order chi connectivity index (χ1) is 14.3. The summed E-state index contributed by atoms with van der Waals surface area (Å²) in [5.41, 5.74) is 0. The average Bonchev–Trinajstić information content (AvgIpc) is 3.49. The molecule has 2 aliphatic rings. The molecule has 2 unspecified atom stereocenters. The molecule has 0 radical (unpaired) electrons. The maximum atomic E-state index is 5.76. The van der Waals surface area contributed by atoms with Crippen LogP contribution in [0.15, 0.2) is 27.8 Å². The Morgan fingerprint density at radius 3 is 3.03 bits per heavy atom. The molecule has 0 saturated carbocycles. The molecule has 2 saturated heterocycles. The van der Waals surface area contributed by atoms with E-state index in [4.69, 9.17) is 18.9 Å². The van der Waals surface area contributed by atoms with Crippen LogP contribution in [0.5, 0.6) is 0 Å². The molecule has 3 heterocycles. The molecule has 0 aromatic carbocycles. The Labute approximate surface area is 175 Å². The van der Waals surface area contributed by atoms with Gasteiger partial charge in [-0.05, 0) is 44.5 Å². The maximum Gasteiger partial charge on any atom is 0.194 e. The second-order valence-corrected chi connectivity index (χ2v) is 8.01. The first-order valence-corrected chi connectivity index (χ1v) is 11.2. The zero-order chi connectivity index (χ0) is 20.3. The molecule has 0 spiro atoms. The summed E-state index contributed by atoms with van der Waals surface area (Å²) in [4.78, 5) is 10.0. The third-order valence-electron chi connectivity index (χ3n) is 5.96. The van der Waals surface area contributed by atoms with Crippen molar-refractivity contribution in [2.45, 2.75) is 38.6 Å². The van der Waals surface area contributed by atoms with E-state index >= 15 is 0 Å². The van der Waals surface area contributed by atoms with Crippen molar-refractivity contribution in [3.63, 3.8) is 0 Å². The molecule has 0 amide bonds. The third kappa shape index (κ3) is 7.01. The second kappa shape index (κ2) is 12.2. The smallest absolute Gasteiger partial charge is 0.194 e. The Morgan fingerprint density at radius 1 is 1.31 bits per heavy atom. The quantitative estimate of drug-likeness (QED) is 0.345. The van der Waals surface area contributed by atoms with E-state index in [0.717, 1.165) is 63.9 Å². The summed E-state index contributed by atoms with van der Waals surface area (Å²) in [6.07, 6.45) is 6.30. The summed E-state index contributed by atoms with van der Waals surface area (Å²) >= 11 is 0. The number of hydrogen-bond donors (Lipinski definition) is 1. The van der Waals surface area contributed by atoms with Crippen molar-refractivity contribution >= 4 is 5.96 Å². The van der Waals surface area contributed by atoms with Gasteiger partial charge in [0.1, 0.15) is 5.76 Å². The normalized spacial score (nSPS) is 23.2. The van der Waals surface area contributed by atoms with Gasteiger partial charge in [0.05, 0.1) is 32.6 Å². The predicted octanol–water partition coefficient (Wildman–Crippen LogP) is 2.24. The lowest BCUT2D eigenvalue weighted by Gasteiger charge is -2.25. The molecule has 2 aliphatic heterocycles. The number of nitrogens with one attached hydrogen (secondary N) is 1. The van der Waals surface area contributed by atoms with Gasteiger partial charge in [-0.15, -0.1) is 0 Å². The number of nitrogens with zero attached hydrogens (tertiary/aromatic N) is 3. The van der Waals surface area contributed by atoms with Crippen LogP contribution in [0.25, 0.3) is 0 Å². The molecule has 7 heteroatoms. The largest absolute Gasteiger partial charge is 0.469 e. The monoisotopic (exact) mass is 406 g/mol. The fourth-order valence-electron chi connectivity index (χ4n) is 4.28. The Morgan fingerprint density at radius 2 is 2.24 bits per heavy atom. The second-order valence-electron chi connectivity index (χ2n) is 8.01. The van der Waals surface area contributed by atoms with Crippen LogP contribution in [0, 0.1) is 5.92 Å². The number of likely N-dealkylation sites (N-methyl/N-ethyl adjacent to an activating group) is 1. The van der Waals surface area contributed by atoms with Crippen molar-refractivity contribution in [1.82, 2.24) is 15.1 Å². The number of aliphatic imine (C=N–C) groups is 1. The van der Waals surface area contributed by atoms with E-state index < -0.39 is 0 Å². The molecule has 1 N–H and O–H groups in total. The molecule has 1 aromatic heterocycles. The van der Waals surface area contributed by atoms with Crippen LogP contribution in [0.4, 0.5) is 0 Å². The van der Waals surface area contributed by atoms with Crippen molar-refractivity contribution in [1.29, 1.82) is 0 Å². The summed E-state index contributed by atoms with van der Waals surface area (Å²) in [7, 11) is 1.71. The highest BCUT2D eigenvalue weighted by atomic mass is 16.5. The van der Waals surface area contributed by atoms with Gasteiger partial charge in [0.2, 0.25) is 0 Å². The lowest BCUT2D eigenvalue weighted by atomic mass is 10.1. The van der Waals surface area contributed by atoms with Gasteiger partial charge in [-0.25, -0.2) is 0 Å². The fraction of sp³-hybridized carbons (Fsp3) is 0.773. The summed E-state index contributed by atoms with van der Waals surface area (Å²) in [5.74, 6) is 2.61. The number of ether oxygens (including phenoxy) is 2. The molecule has 0 aliphatic carbocycles. The van der Waals surface area contributed by atoms with Crippen LogP contribution in [-0.2, 0) is 15.9 Å². The van der Waals surface area contributed by atoms with Crippen LogP contribution in [0.1, 0.15) is 31.9 Å².